The average molecular weight is 236 g/mol. The van der Waals surface area contributed by atoms with Gasteiger partial charge < -0.3 is 10.6 Å². The van der Waals surface area contributed by atoms with Crippen LogP contribution < -0.4 is 5.73 Å². The first-order valence-corrected chi connectivity index (χ1v) is 6.07. The van der Waals surface area contributed by atoms with Crippen LogP contribution in [0.4, 0.5) is 0 Å². The molecule has 0 radical (unpaired) electrons. The Morgan fingerprint density at radius 2 is 1.81 bits per heavy atom. The summed E-state index contributed by atoms with van der Waals surface area (Å²) in [5.41, 5.74) is 8.20. The summed E-state index contributed by atoms with van der Waals surface area (Å²) in [4.78, 5) is 2.83. The minimum atomic E-state index is 0.591. The zero-order chi connectivity index (χ0) is 12.0. The molecular formula is C13H20N2S. The van der Waals surface area contributed by atoms with Gasteiger partial charge in [0.2, 0.25) is 0 Å². The Labute approximate surface area is 103 Å². The topological polar surface area (TPSA) is 29.3 Å². The number of rotatable bonds is 6. The molecule has 0 spiro atoms. The SMILES string of the molecule is CCc1ccc(CN(C)CCC(N)=S)cc1. The molecule has 0 aliphatic heterocycles. The summed E-state index contributed by atoms with van der Waals surface area (Å²) in [6.07, 6.45) is 1.89. The minimum Gasteiger partial charge on any atom is -0.393 e. The number of nitrogens with zero attached hydrogens (tertiary/aromatic N) is 1. The maximum Gasteiger partial charge on any atom is 0.0740 e. The first-order valence-electron chi connectivity index (χ1n) is 5.66. The molecule has 0 saturated heterocycles. The van der Waals surface area contributed by atoms with E-state index in [1.165, 1.54) is 11.1 Å². The predicted molar refractivity (Wildman–Crippen MR) is 73.6 cm³/mol. The molecule has 0 atom stereocenters. The van der Waals surface area contributed by atoms with E-state index in [4.69, 9.17) is 18.0 Å². The fraction of sp³-hybridized carbons (Fsp3) is 0.462. The molecule has 0 saturated carbocycles. The van der Waals surface area contributed by atoms with Gasteiger partial charge in [-0.3, -0.25) is 0 Å². The summed E-state index contributed by atoms with van der Waals surface area (Å²) in [6, 6.07) is 8.76. The van der Waals surface area contributed by atoms with Crippen LogP contribution in [0.1, 0.15) is 24.5 Å². The third kappa shape index (κ3) is 4.73. The van der Waals surface area contributed by atoms with E-state index in [9.17, 15) is 0 Å². The summed E-state index contributed by atoms with van der Waals surface area (Å²) >= 11 is 4.86. The van der Waals surface area contributed by atoms with Crippen molar-refractivity contribution < 1.29 is 0 Å². The standard InChI is InChI=1S/C13H20N2S/c1-3-11-4-6-12(7-5-11)10-15(2)9-8-13(14)16/h4-7H,3,8-10H2,1-2H3,(H2,14,16). The van der Waals surface area contributed by atoms with Gasteiger partial charge in [-0.15, -0.1) is 0 Å². The zero-order valence-electron chi connectivity index (χ0n) is 10.1. The summed E-state index contributed by atoms with van der Waals surface area (Å²) in [6.45, 7) is 4.04. The van der Waals surface area contributed by atoms with Crippen LogP contribution in [0.2, 0.25) is 0 Å². The van der Waals surface area contributed by atoms with Crippen molar-refractivity contribution >= 4 is 17.2 Å². The molecule has 16 heavy (non-hydrogen) atoms. The molecule has 0 aromatic heterocycles. The number of aryl methyl sites for hydroxylation is 1. The Balaban J connectivity index is 2.43. The van der Waals surface area contributed by atoms with Gasteiger partial charge >= 0.3 is 0 Å². The van der Waals surface area contributed by atoms with Gasteiger partial charge in [-0.2, -0.15) is 0 Å². The molecule has 1 aromatic carbocycles. The van der Waals surface area contributed by atoms with Crippen LogP contribution in [0, 0.1) is 0 Å². The highest BCUT2D eigenvalue weighted by Crippen LogP contribution is 2.07. The second-order valence-corrected chi connectivity index (χ2v) is 4.65. The van der Waals surface area contributed by atoms with Crippen molar-refractivity contribution in [2.75, 3.05) is 13.6 Å². The molecule has 0 fully saturated rings. The lowest BCUT2D eigenvalue weighted by Gasteiger charge is -2.16. The van der Waals surface area contributed by atoms with Gasteiger partial charge in [0.05, 0.1) is 4.99 Å². The molecule has 0 unspecified atom stereocenters. The molecule has 0 amide bonds. The van der Waals surface area contributed by atoms with E-state index in [1.807, 2.05) is 0 Å². The van der Waals surface area contributed by atoms with E-state index in [1.54, 1.807) is 0 Å². The molecule has 1 aromatic rings. The Hall–Kier alpha value is -0.930. The molecule has 2 nitrogen and oxygen atoms in total. The second kappa shape index (κ2) is 6.61. The van der Waals surface area contributed by atoms with Crippen LogP contribution >= 0.6 is 12.2 Å². The first-order chi connectivity index (χ1) is 7.61. The van der Waals surface area contributed by atoms with Gasteiger partial charge in [-0.05, 0) is 24.6 Å². The van der Waals surface area contributed by atoms with Gasteiger partial charge in [0, 0.05) is 19.5 Å². The Bertz CT molecular complexity index is 332. The number of thiocarbonyl (C=S) groups is 1. The van der Waals surface area contributed by atoms with Crippen LogP contribution in [-0.4, -0.2) is 23.5 Å². The monoisotopic (exact) mass is 236 g/mol. The largest absolute Gasteiger partial charge is 0.393 e. The fourth-order valence-corrected chi connectivity index (χ4v) is 1.66. The van der Waals surface area contributed by atoms with Crippen LogP contribution in [0.5, 0.6) is 0 Å². The minimum absolute atomic E-state index is 0.591. The summed E-state index contributed by atoms with van der Waals surface area (Å²) in [5.74, 6) is 0. The summed E-state index contributed by atoms with van der Waals surface area (Å²) in [7, 11) is 2.09. The van der Waals surface area contributed by atoms with Gasteiger partial charge in [0.1, 0.15) is 0 Å². The summed E-state index contributed by atoms with van der Waals surface area (Å²) < 4.78 is 0. The highest BCUT2D eigenvalue weighted by Gasteiger charge is 2.01. The lowest BCUT2D eigenvalue weighted by Crippen LogP contribution is -2.23. The third-order valence-corrected chi connectivity index (χ3v) is 2.83. The lowest BCUT2D eigenvalue weighted by molar-refractivity contribution is 0.337. The molecular weight excluding hydrogens is 216 g/mol. The fourth-order valence-electron chi connectivity index (χ4n) is 1.57. The van der Waals surface area contributed by atoms with E-state index in [-0.39, 0.29) is 0 Å². The molecule has 1 rings (SSSR count). The highest BCUT2D eigenvalue weighted by atomic mass is 32.1. The molecule has 0 heterocycles. The van der Waals surface area contributed by atoms with E-state index in [0.717, 1.165) is 25.9 Å². The Morgan fingerprint density at radius 1 is 1.25 bits per heavy atom. The first kappa shape index (κ1) is 13.1. The van der Waals surface area contributed by atoms with Crippen LogP contribution in [-0.2, 0) is 13.0 Å². The number of hydrogen-bond acceptors (Lipinski definition) is 2. The maximum atomic E-state index is 5.48. The molecule has 88 valence electrons. The molecule has 0 aliphatic rings. The van der Waals surface area contributed by atoms with Gasteiger partial charge in [-0.25, -0.2) is 0 Å². The molecule has 0 bridgehead atoms. The van der Waals surface area contributed by atoms with Crippen molar-refractivity contribution in [2.45, 2.75) is 26.3 Å². The van der Waals surface area contributed by atoms with Crippen molar-refractivity contribution in [1.82, 2.24) is 4.90 Å². The highest BCUT2D eigenvalue weighted by molar-refractivity contribution is 7.80. The van der Waals surface area contributed by atoms with Crippen molar-refractivity contribution in [3.05, 3.63) is 35.4 Å². The van der Waals surface area contributed by atoms with E-state index < -0.39 is 0 Å². The molecule has 3 heteroatoms. The quantitative estimate of drug-likeness (QED) is 0.769. The van der Waals surface area contributed by atoms with E-state index in [2.05, 4.69) is 43.1 Å². The van der Waals surface area contributed by atoms with Crippen molar-refractivity contribution in [3.8, 4) is 0 Å². The zero-order valence-corrected chi connectivity index (χ0v) is 10.9. The van der Waals surface area contributed by atoms with Crippen molar-refractivity contribution in [3.63, 3.8) is 0 Å². The second-order valence-electron chi connectivity index (χ2n) is 4.12. The Morgan fingerprint density at radius 3 is 2.31 bits per heavy atom. The predicted octanol–water partition coefficient (Wildman–Crippen LogP) is 2.36. The van der Waals surface area contributed by atoms with Crippen molar-refractivity contribution in [1.29, 1.82) is 0 Å². The van der Waals surface area contributed by atoms with Crippen LogP contribution in [0.15, 0.2) is 24.3 Å². The van der Waals surface area contributed by atoms with Gasteiger partial charge in [0.15, 0.2) is 0 Å². The normalized spacial score (nSPS) is 10.7. The van der Waals surface area contributed by atoms with E-state index in [0.29, 0.717) is 4.99 Å². The third-order valence-electron chi connectivity index (χ3n) is 2.62. The van der Waals surface area contributed by atoms with Crippen LogP contribution in [0.25, 0.3) is 0 Å². The number of hydrogen-bond donors (Lipinski definition) is 1. The smallest absolute Gasteiger partial charge is 0.0740 e. The van der Waals surface area contributed by atoms with Gasteiger partial charge in [-0.1, -0.05) is 43.4 Å². The number of nitrogens with two attached hydrogens (primary N) is 1. The Kier molecular flexibility index (Phi) is 5.43. The van der Waals surface area contributed by atoms with Gasteiger partial charge in [0.25, 0.3) is 0 Å². The number of benzene rings is 1. The lowest BCUT2D eigenvalue weighted by atomic mass is 10.1. The van der Waals surface area contributed by atoms with Crippen LogP contribution in [0.3, 0.4) is 0 Å². The maximum absolute atomic E-state index is 5.48. The summed E-state index contributed by atoms with van der Waals surface area (Å²) in [5, 5.41) is 0. The molecule has 2 N–H and O–H groups in total. The van der Waals surface area contributed by atoms with E-state index >= 15 is 0 Å². The average Bonchev–Trinajstić information content (AvgIpc) is 2.27. The molecule has 0 aliphatic carbocycles. The van der Waals surface area contributed by atoms with Crippen molar-refractivity contribution in [2.24, 2.45) is 5.73 Å².